The van der Waals surface area contributed by atoms with E-state index in [0.717, 1.165) is 14.9 Å². The molecule has 0 radical (unpaired) electrons. The summed E-state index contributed by atoms with van der Waals surface area (Å²) in [6, 6.07) is 13.3. The monoisotopic (exact) mass is 495 g/mol. The molecule has 2 aromatic rings. The number of nitrogens with zero attached hydrogens (tertiary/aromatic N) is 2. The first-order valence-corrected chi connectivity index (χ1v) is 13.4. The number of para-hydroxylation sites is 1. The Morgan fingerprint density at radius 3 is 2.45 bits per heavy atom. The molecule has 1 unspecified atom stereocenters. The highest BCUT2D eigenvalue weighted by Crippen LogP contribution is 2.24. The van der Waals surface area contributed by atoms with Crippen LogP contribution in [-0.2, 0) is 34.4 Å². The lowest BCUT2D eigenvalue weighted by atomic mass is 10.2. The van der Waals surface area contributed by atoms with Crippen LogP contribution in [0.15, 0.2) is 59.5 Å². The van der Waals surface area contributed by atoms with E-state index >= 15 is 0 Å². The fourth-order valence-electron chi connectivity index (χ4n) is 3.47. The summed E-state index contributed by atoms with van der Waals surface area (Å²) in [4.78, 5) is 24.5. The largest absolute Gasteiger partial charge is 0.454 e. The Balaban J connectivity index is 1.63. The molecule has 0 aromatic heterocycles. The molecule has 1 heterocycles. The Kier molecular flexibility index (Phi) is 7.40. The van der Waals surface area contributed by atoms with Crippen LogP contribution < -0.4 is 9.62 Å². The van der Waals surface area contributed by atoms with Gasteiger partial charge in [0.15, 0.2) is 6.61 Å². The first-order valence-electron chi connectivity index (χ1n) is 10.1. The van der Waals surface area contributed by atoms with Gasteiger partial charge in [-0.2, -0.15) is 4.31 Å². The van der Waals surface area contributed by atoms with Gasteiger partial charge < -0.3 is 10.1 Å². The summed E-state index contributed by atoms with van der Waals surface area (Å²) in [5.41, 5.74) is 0.686. The molecular weight excluding hydrogens is 470 g/mol. The molecule has 0 spiro atoms. The molecule has 1 amide bonds. The van der Waals surface area contributed by atoms with Crippen molar-refractivity contribution < 1.29 is 31.2 Å². The Labute approximate surface area is 193 Å². The summed E-state index contributed by atoms with van der Waals surface area (Å²) in [5, 5.41) is 2.49. The maximum absolute atomic E-state index is 12.9. The number of ether oxygens (including phenoxy) is 1. The molecule has 0 aliphatic carbocycles. The molecule has 1 N–H and O–H groups in total. The number of sulfonamides is 2. The van der Waals surface area contributed by atoms with E-state index in [-0.39, 0.29) is 17.1 Å². The molecule has 1 saturated heterocycles. The van der Waals surface area contributed by atoms with Crippen LogP contribution in [0.25, 0.3) is 0 Å². The van der Waals surface area contributed by atoms with Gasteiger partial charge in [0.25, 0.3) is 15.9 Å². The summed E-state index contributed by atoms with van der Waals surface area (Å²) in [5.74, 6) is -1.48. The fourth-order valence-corrected chi connectivity index (χ4v) is 5.83. The maximum atomic E-state index is 12.9. The number of hydrogen-bond donors (Lipinski definition) is 1. The van der Waals surface area contributed by atoms with Gasteiger partial charge in [-0.15, -0.1) is 0 Å². The van der Waals surface area contributed by atoms with Gasteiger partial charge >= 0.3 is 5.97 Å². The molecule has 3 rings (SSSR count). The van der Waals surface area contributed by atoms with E-state index in [4.69, 9.17) is 4.74 Å². The van der Waals surface area contributed by atoms with Crippen molar-refractivity contribution in [2.24, 2.45) is 0 Å². The van der Waals surface area contributed by atoms with Crippen molar-refractivity contribution in [3.8, 4) is 0 Å². The topological polar surface area (TPSA) is 130 Å². The first kappa shape index (κ1) is 24.7. The van der Waals surface area contributed by atoms with Crippen LogP contribution in [0.1, 0.15) is 12.8 Å². The van der Waals surface area contributed by atoms with Crippen molar-refractivity contribution in [2.45, 2.75) is 23.8 Å². The van der Waals surface area contributed by atoms with E-state index in [2.05, 4.69) is 5.32 Å². The van der Waals surface area contributed by atoms with Crippen molar-refractivity contribution in [1.29, 1.82) is 0 Å². The van der Waals surface area contributed by atoms with Gasteiger partial charge in [0.1, 0.15) is 6.04 Å². The number of carbonyl (C=O) groups excluding carboxylic acids is 2. The molecule has 1 atom stereocenters. The number of benzene rings is 2. The summed E-state index contributed by atoms with van der Waals surface area (Å²) < 4.78 is 56.6. The van der Waals surface area contributed by atoms with Gasteiger partial charge in [-0.05, 0) is 43.2 Å². The third-order valence-electron chi connectivity index (χ3n) is 5.14. The van der Waals surface area contributed by atoms with Crippen molar-refractivity contribution >= 4 is 43.3 Å². The van der Waals surface area contributed by atoms with Crippen molar-refractivity contribution in [2.75, 3.05) is 36.1 Å². The molecule has 10 nitrogen and oxygen atoms in total. The standard InChI is InChI=1S/C21H25N3O7S2/c1-23(17-9-4-3-5-10-17)33(29,30)18-11-6-8-16(14-18)22-20(25)15-31-21(26)19-12-7-13-24(19)32(2,27)28/h3-6,8-11,14,19H,7,12-13,15H2,1-2H3,(H,22,25). The number of hydrogen-bond acceptors (Lipinski definition) is 7. The molecule has 12 heteroatoms. The Hall–Kier alpha value is -2.96. The zero-order chi connectivity index (χ0) is 24.2. The minimum absolute atomic E-state index is 0.0293. The third kappa shape index (κ3) is 5.89. The van der Waals surface area contributed by atoms with Crippen molar-refractivity contribution in [3.63, 3.8) is 0 Å². The number of anilines is 2. The van der Waals surface area contributed by atoms with Gasteiger partial charge in [0.05, 0.1) is 16.8 Å². The van der Waals surface area contributed by atoms with Gasteiger partial charge in [-0.1, -0.05) is 24.3 Å². The van der Waals surface area contributed by atoms with Crippen LogP contribution >= 0.6 is 0 Å². The predicted molar refractivity (Wildman–Crippen MR) is 123 cm³/mol. The van der Waals surface area contributed by atoms with Gasteiger partial charge in [0.2, 0.25) is 10.0 Å². The molecule has 178 valence electrons. The highest BCUT2D eigenvalue weighted by atomic mass is 32.2. The van der Waals surface area contributed by atoms with Crippen molar-refractivity contribution in [1.82, 2.24) is 4.31 Å². The molecule has 33 heavy (non-hydrogen) atoms. The van der Waals surface area contributed by atoms with E-state index in [1.165, 1.54) is 31.3 Å². The van der Waals surface area contributed by atoms with Crippen LogP contribution in [0.4, 0.5) is 11.4 Å². The SMILES string of the molecule is CN(c1ccccc1)S(=O)(=O)c1cccc(NC(=O)COC(=O)C2CCCN2S(C)(=O)=O)c1. The van der Waals surface area contributed by atoms with E-state index in [0.29, 0.717) is 18.5 Å². The van der Waals surface area contributed by atoms with Gasteiger partial charge in [-0.25, -0.2) is 16.8 Å². The molecular formula is C21H25N3O7S2. The summed E-state index contributed by atoms with van der Waals surface area (Å²) >= 11 is 0. The van der Waals surface area contributed by atoms with E-state index in [1.54, 1.807) is 30.3 Å². The Morgan fingerprint density at radius 2 is 1.79 bits per heavy atom. The summed E-state index contributed by atoms with van der Waals surface area (Å²) in [7, 11) is -6.00. The van der Waals surface area contributed by atoms with E-state index in [9.17, 15) is 26.4 Å². The minimum Gasteiger partial charge on any atom is -0.454 e. The smallest absolute Gasteiger partial charge is 0.324 e. The first-order chi connectivity index (χ1) is 15.5. The van der Waals surface area contributed by atoms with Crippen LogP contribution in [0.2, 0.25) is 0 Å². The number of rotatable bonds is 8. The van der Waals surface area contributed by atoms with E-state index in [1.807, 2.05) is 0 Å². The second-order valence-electron chi connectivity index (χ2n) is 7.52. The molecule has 1 aliphatic rings. The molecule has 0 bridgehead atoms. The zero-order valence-electron chi connectivity index (χ0n) is 18.2. The highest BCUT2D eigenvalue weighted by Gasteiger charge is 2.37. The highest BCUT2D eigenvalue weighted by molar-refractivity contribution is 7.92. The number of amides is 1. The number of carbonyl (C=O) groups is 2. The second kappa shape index (κ2) is 9.89. The molecule has 1 fully saturated rings. The lowest BCUT2D eigenvalue weighted by molar-refractivity contribution is -0.150. The van der Waals surface area contributed by atoms with Gasteiger partial charge in [0, 0.05) is 19.3 Å². The number of nitrogens with one attached hydrogen (secondary N) is 1. The average Bonchev–Trinajstić information content (AvgIpc) is 3.28. The average molecular weight is 496 g/mol. The predicted octanol–water partition coefficient (Wildman–Crippen LogP) is 1.42. The summed E-state index contributed by atoms with van der Waals surface area (Å²) in [6.45, 7) is -0.405. The van der Waals surface area contributed by atoms with Crippen molar-refractivity contribution in [3.05, 3.63) is 54.6 Å². The Bertz CT molecular complexity index is 1230. The van der Waals surface area contributed by atoms with Gasteiger partial charge in [-0.3, -0.25) is 13.9 Å². The zero-order valence-corrected chi connectivity index (χ0v) is 19.8. The third-order valence-corrected chi connectivity index (χ3v) is 8.21. The maximum Gasteiger partial charge on any atom is 0.324 e. The molecule has 0 saturated carbocycles. The van der Waals surface area contributed by atoms with E-state index < -0.39 is 44.6 Å². The molecule has 2 aromatic carbocycles. The number of esters is 1. The molecule has 1 aliphatic heterocycles. The second-order valence-corrected chi connectivity index (χ2v) is 11.4. The lowest BCUT2D eigenvalue weighted by Gasteiger charge is -2.20. The van der Waals surface area contributed by atoms with Crippen LogP contribution in [0.3, 0.4) is 0 Å². The lowest BCUT2D eigenvalue weighted by Crippen LogP contribution is -2.41. The Morgan fingerprint density at radius 1 is 1.09 bits per heavy atom. The minimum atomic E-state index is -3.87. The fraction of sp³-hybridized carbons (Fsp3) is 0.333. The van der Waals surface area contributed by atoms with Crippen LogP contribution in [0, 0.1) is 0 Å². The quantitative estimate of drug-likeness (QED) is 0.548. The normalized spacial score (nSPS) is 16.8. The van der Waals surface area contributed by atoms with Crippen LogP contribution in [0.5, 0.6) is 0 Å². The summed E-state index contributed by atoms with van der Waals surface area (Å²) in [6.07, 6.45) is 1.86. The van der Waals surface area contributed by atoms with Crippen LogP contribution in [-0.4, -0.2) is 65.5 Å².